The van der Waals surface area contributed by atoms with E-state index in [1.165, 1.54) is 29.8 Å². The normalized spacial score (nSPS) is 11.3. The molecule has 2 aromatic rings. The van der Waals surface area contributed by atoms with E-state index in [0.29, 0.717) is 5.69 Å². The summed E-state index contributed by atoms with van der Waals surface area (Å²) in [5, 5.41) is 5.22. The highest BCUT2D eigenvalue weighted by molar-refractivity contribution is 7.89. The summed E-state index contributed by atoms with van der Waals surface area (Å²) in [5.74, 6) is -0.810. The smallest absolute Gasteiger partial charge is 0.251 e. The molecule has 0 unspecified atom stereocenters. The van der Waals surface area contributed by atoms with Crippen molar-refractivity contribution in [2.75, 3.05) is 11.9 Å². The van der Waals surface area contributed by atoms with Crippen molar-refractivity contribution < 1.29 is 18.0 Å². The maximum absolute atomic E-state index is 12.2. The predicted octanol–water partition coefficient (Wildman–Crippen LogP) is 2.30. The molecule has 0 radical (unpaired) electrons. The molecule has 0 aromatic heterocycles. The van der Waals surface area contributed by atoms with E-state index in [1.54, 1.807) is 13.8 Å². The van der Waals surface area contributed by atoms with Crippen LogP contribution in [-0.4, -0.2) is 32.8 Å². The van der Waals surface area contributed by atoms with Crippen molar-refractivity contribution in [1.82, 2.24) is 10.0 Å². The first-order valence-electron chi connectivity index (χ1n) is 9.00. The molecule has 8 heteroatoms. The molecule has 2 aromatic carbocycles. The molecule has 0 aliphatic heterocycles. The fraction of sp³-hybridized carbons (Fsp3) is 0.300. The Morgan fingerprint density at radius 3 is 2.11 bits per heavy atom. The van der Waals surface area contributed by atoms with Crippen molar-refractivity contribution in [1.29, 1.82) is 0 Å². The van der Waals surface area contributed by atoms with Crippen molar-refractivity contribution in [3.8, 4) is 0 Å². The fourth-order valence-corrected chi connectivity index (χ4v) is 3.71. The van der Waals surface area contributed by atoms with Gasteiger partial charge in [-0.2, -0.15) is 0 Å². The molecule has 0 bridgehead atoms. The first-order valence-corrected chi connectivity index (χ1v) is 10.5. The number of amides is 2. The van der Waals surface area contributed by atoms with Gasteiger partial charge in [-0.1, -0.05) is 19.1 Å². The average molecular weight is 404 g/mol. The number of nitrogens with one attached hydrogen (secondary N) is 3. The number of hydrogen-bond acceptors (Lipinski definition) is 4. The minimum atomic E-state index is -3.61. The van der Waals surface area contributed by atoms with E-state index in [2.05, 4.69) is 15.4 Å². The number of carbonyl (C=O) groups excluding carboxylic acids is 2. The molecule has 0 saturated heterocycles. The van der Waals surface area contributed by atoms with Crippen LogP contribution in [0.5, 0.6) is 0 Å². The van der Waals surface area contributed by atoms with Crippen LogP contribution in [0.3, 0.4) is 0 Å². The van der Waals surface area contributed by atoms with Crippen LogP contribution in [0.25, 0.3) is 0 Å². The lowest BCUT2D eigenvalue weighted by molar-refractivity contribution is -0.115. The number of rotatable bonds is 8. The summed E-state index contributed by atoms with van der Waals surface area (Å²) >= 11 is 0. The SMILES string of the molecule is CCc1ccc(NC(=O)CNC(=O)c2ccc(S(=O)(=O)NC(C)C)cc2)cc1. The molecule has 0 spiro atoms. The Kier molecular flexibility index (Phi) is 7.31. The zero-order valence-corrected chi connectivity index (χ0v) is 17.0. The Hall–Kier alpha value is -2.71. The Bertz CT molecular complexity index is 921. The Balaban J connectivity index is 1.91. The summed E-state index contributed by atoms with van der Waals surface area (Å²) in [5.41, 5.74) is 2.09. The zero-order chi connectivity index (χ0) is 20.7. The molecule has 28 heavy (non-hydrogen) atoms. The van der Waals surface area contributed by atoms with Gasteiger partial charge in [-0.05, 0) is 62.2 Å². The van der Waals surface area contributed by atoms with Gasteiger partial charge in [-0.3, -0.25) is 9.59 Å². The molecule has 150 valence electrons. The molecule has 0 atom stereocenters. The number of hydrogen-bond donors (Lipinski definition) is 3. The maximum Gasteiger partial charge on any atom is 0.251 e. The molecule has 0 heterocycles. The van der Waals surface area contributed by atoms with Gasteiger partial charge in [0.15, 0.2) is 0 Å². The summed E-state index contributed by atoms with van der Waals surface area (Å²) in [7, 11) is -3.61. The molecule has 7 nitrogen and oxygen atoms in total. The first-order chi connectivity index (χ1) is 13.2. The highest BCUT2D eigenvalue weighted by Gasteiger charge is 2.16. The molecule has 0 fully saturated rings. The largest absolute Gasteiger partial charge is 0.343 e. The minimum Gasteiger partial charge on any atom is -0.343 e. The van der Waals surface area contributed by atoms with Crippen LogP contribution in [0.4, 0.5) is 5.69 Å². The first kappa shape index (κ1) is 21.6. The molecule has 0 saturated carbocycles. The topological polar surface area (TPSA) is 104 Å². The van der Waals surface area contributed by atoms with Crippen LogP contribution in [0.2, 0.25) is 0 Å². The van der Waals surface area contributed by atoms with E-state index in [1.807, 2.05) is 31.2 Å². The van der Waals surface area contributed by atoms with Gasteiger partial charge in [0.05, 0.1) is 11.4 Å². The van der Waals surface area contributed by atoms with Gasteiger partial charge < -0.3 is 10.6 Å². The van der Waals surface area contributed by atoms with Crippen LogP contribution >= 0.6 is 0 Å². The maximum atomic E-state index is 12.2. The predicted molar refractivity (Wildman–Crippen MR) is 109 cm³/mol. The summed E-state index contributed by atoms with van der Waals surface area (Å²) in [6.45, 7) is 5.31. The number of sulfonamides is 1. The molecule has 2 amide bonds. The Morgan fingerprint density at radius 1 is 0.964 bits per heavy atom. The van der Waals surface area contributed by atoms with Gasteiger partial charge in [-0.15, -0.1) is 0 Å². The molecule has 0 aliphatic carbocycles. The molecule has 2 rings (SSSR count). The van der Waals surface area contributed by atoms with Gasteiger partial charge in [-0.25, -0.2) is 13.1 Å². The van der Waals surface area contributed by atoms with Gasteiger partial charge in [0.2, 0.25) is 15.9 Å². The second kappa shape index (κ2) is 9.48. The van der Waals surface area contributed by atoms with Crippen LogP contribution in [-0.2, 0) is 21.2 Å². The number of carbonyl (C=O) groups is 2. The van der Waals surface area contributed by atoms with E-state index in [4.69, 9.17) is 0 Å². The lowest BCUT2D eigenvalue weighted by atomic mass is 10.1. The number of benzene rings is 2. The second-order valence-electron chi connectivity index (χ2n) is 6.58. The highest BCUT2D eigenvalue weighted by atomic mass is 32.2. The Labute approximate surface area is 165 Å². The van der Waals surface area contributed by atoms with Gasteiger partial charge in [0.1, 0.15) is 0 Å². The van der Waals surface area contributed by atoms with Crippen LogP contribution in [0, 0.1) is 0 Å². The van der Waals surface area contributed by atoms with Crippen LogP contribution in [0.15, 0.2) is 53.4 Å². The quantitative estimate of drug-likeness (QED) is 0.629. The third-order valence-corrected chi connectivity index (χ3v) is 5.55. The molecular formula is C20H25N3O4S. The number of aryl methyl sites for hydroxylation is 1. The lowest BCUT2D eigenvalue weighted by Gasteiger charge is -2.10. The van der Waals surface area contributed by atoms with E-state index in [0.717, 1.165) is 6.42 Å². The average Bonchev–Trinajstić information content (AvgIpc) is 2.66. The molecule has 0 aliphatic rings. The summed E-state index contributed by atoms with van der Waals surface area (Å²) < 4.78 is 26.6. The van der Waals surface area contributed by atoms with Crippen molar-refractivity contribution in [3.63, 3.8) is 0 Å². The van der Waals surface area contributed by atoms with Crippen molar-refractivity contribution >= 4 is 27.5 Å². The highest BCUT2D eigenvalue weighted by Crippen LogP contribution is 2.12. The standard InChI is InChI=1S/C20H25N3O4S/c1-4-15-5-9-17(10-6-15)22-19(24)13-21-20(25)16-7-11-18(12-8-16)28(26,27)23-14(2)3/h5-12,14,23H,4,13H2,1-3H3,(H,21,25)(H,22,24). The van der Waals surface area contributed by atoms with Gasteiger partial charge in [0, 0.05) is 17.3 Å². The number of anilines is 1. The van der Waals surface area contributed by atoms with Gasteiger partial charge in [0.25, 0.3) is 5.91 Å². The van der Waals surface area contributed by atoms with E-state index >= 15 is 0 Å². The summed E-state index contributed by atoms with van der Waals surface area (Å²) in [4.78, 5) is 24.2. The Morgan fingerprint density at radius 2 is 1.57 bits per heavy atom. The third kappa shape index (κ3) is 6.17. The fourth-order valence-electron chi connectivity index (χ4n) is 2.46. The zero-order valence-electron chi connectivity index (χ0n) is 16.2. The van der Waals surface area contributed by atoms with E-state index < -0.39 is 15.9 Å². The minimum absolute atomic E-state index is 0.0750. The van der Waals surface area contributed by atoms with Crippen molar-refractivity contribution in [2.45, 2.75) is 38.1 Å². The summed E-state index contributed by atoms with van der Waals surface area (Å²) in [6, 6.07) is 12.8. The molecule has 3 N–H and O–H groups in total. The van der Waals surface area contributed by atoms with E-state index in [-0.39, 0.29) is 29.0 Å². The van der Waals surface area contributed by atoms with Crippen LogP contribution < -0.4 is 15.4 Å². The van der Waals surface area contributed by atoms with E-state index in [9.17, 15) is 18.0 Å². The molecular weight excluding hydrogens is 378 g/mol. The third-order valence-electron chi connectivity index (χ3n) is 3.87. The van der Waals surface area contributed by atoms with Crippen molar-refractivity contribution in [2.24, 2.45) is 0 Å². The second-order valence-corrected chi connectivity index (χ2v) is 8.30. The summed E-state index contributed by atoms with van der Waals surface area (Å²) in [6.07, 6.45) is 0.915. The van der Waals surface area contributed by atoms with Gasteiger partial charge >= 0.3 is 0 Å². The monoisotopic (exact) mass is 403 g/mol. The van der Waals surface area contributed by atoms with Crippen molar-refractivity contribution in [3.05, 3.63) is 59.7 Å². The van der Waals surface area contributed by atoms with Crippen LogP contribution in [0.1, 0.15) is 36.7 Å². The lowest BCUT2D eigenvalue weighted by Crippen LogP contribution is -2.33.